The summed E-state index contributed by atoms with van der Waals surface area (Å²) in [6, 6.07) is 5.47. The number of rotatable bonds is 1. The maximum atomic E-state index is 12.5. The molecule has 0 fully saturated rings. The van der Waals surface area contributed by atoms with E-state index in [1.165, 1.54) is 0 Å². The zero-order valence-corrected chi connectivity index (χ0v) is 11.7. The highest BCUT2D eigenvalue weighted by molar-refractivity contribution is 9.10. The van der Waals surface area contributed by atoms with E-state index in [1.54, 1.807) is 6.07 Å². The molecule has 112 valence electrons. The van der Waals surface area contributed by atoms with Crippen LogP contribution in [-0.2, 0) is 0 Å². The van der Waals surface area contributed by atoms with E-state index in [0.29, 0.717) is 5.82 Å². The smallest absolute Gasteiger partial charge is 0.270 e. The van der Waals surface area contributed by atoms with Crippen LogP contribution in [0.15, 0.2) is 28.9 Å². The molecule has 0 saturated heterocycles. The van der Waals surface area contributed by atoms with Crippen LogP contribution in [0.1, 0.15) is 10.4 Å². The number of anilines is 1. The number of nitrogen functional groups attached to an aromatic ring is 1. The lowest BCUT2D eigenvalue weighted by atomic mass is 10.2. The van der Waals surface area contributed by atoms with Crippen molar-refractivity contribution in [1.29, 1.82) is 0 Å². The zero-order valence-electron chi connectivity index (χ0n) is 10.1. The third-order valence-electron chi connectivity index (χ3n) is 2.10. The van der Waals surface area contributed by atoms with Crippen molar-refractivity contribution in [2.75, 3.05) is 5.73 Å². The lowest BCUT2D eigenvalue weighted by Gasteiger charge is -2.06. The molecule has 0 aliphatic rings. The van der Waals surface area contributed by atoms with Crippen molar-refractivity contribution in [3.8, 4) is 0 Å². The van der Waals surface area contributed by atoms with E-state index in [4.69, 9.17) is 5.73 Å². The molecule has 2 rings (SSSR count). The van der Waals surface area contributed by atoms with E-state index in [2.05, 4.69) is 20.9 Å². The Morgan fingerprint density at radius 1 is 1.14 bits per heavy atom. The third kappa shape index (κ3) is 4.42. The highest BCUT2D eigenvalue weighted by Gasteiger charge is 2.19. The number of hydrogen-bond acceptors (Lipinski definition) is 3. The molecule has 0 saturated carbocycles. The van der Waals surface area contributed by atoms with Crippen molar-refractivity contribution in [2.45, 2.75) is 0 Å². The lowest BCUT2D eigenvalue weighted by molar-refractivity contribution is -0.374. The normalized spacial score (nSPS) is 9.76. The highest BCUT2D eigenvalue weighted by atomic mass is 79.9. The number of aromatic nitrogens is 1. The van der Waals surface area contributed by atoms with Crippen LogP contribution in [0.3, 0.4) is 0 Å². The Kier molecular flexibility index (Phi) is 5.65. The number of nitrogens with one attached hydrogen (secondary N) is 1. The first-order chi connectivity index (χ1) is 9.73. The number of aromatic carboxylic acids is 1. The summed E-state index contributed by atoms with van der Waals surface area (Å²) in [5, 5.41) is 10.0. The average Bonchev–Trinajstić information content (AvgIpc) is 2.37. The van der Waals surface area contributed by atoms with Crippen LogP contribution >= 0.6 is 15.9 Å². The van der Waals surface area contributed by atoms with Crippen molar-refractivity contribution in [2.24, 2.45) is 0 Å². The summed E-state index contributed by atoms with van der Waals surface area (Å²) in [5.41, 5.74) is 3.63. The number of carbonyl (C=O) groups is 1. The number of H-pyrrole nitrogens is 1. The topological polar surface area (TPSA) is 80.3 Å². The van der Waals surface area contributed by atoms with Gasteiger partial charge in [-0.2, -0.15) is 0 Å². The minimum absolute atomic E-state index is 0.0862. The first kappa shape index (κ1) is 16.9. The van der Waals surface area contributed by atoms with E-state index in [1.807, 2.05) is 12.1 Å². The van der Waals surface area contributed by atoms with Crippen molar-refractivity contribution in [3.63, 3.8) is 0 Å². The van der Waals surface area contributed by atoms with Gasteiger partial charge in [-0.05, 0) is 28.1 Å². The molecule has 1 aromatic heterocycles. The van der Waals surface area contributed by atoms with E-state index < -0.39 is 34.8 Å². The van der Waals surface area contributed by atoms with Crippen LogP contribution in [0.25, 0.3) is 0 Å². The van der Waals surface area contributed by atoms with Gasteiger partial charge in [-0.25, -0.2) is 22.5 Å². The highest BCUT2D eigenvalue weighted by Crippen LogP contribution is 2.18. The summed E-state index contributed by atoms with van der Waals surface area (Å²) in [4.78, 5) is 12.9. The molecular formula is C12H7BrF4N2O2. The molecule has 0 unspecified atom stereocenters. The van der Waals surface area contributed by atoms with E-state index in [-0.39, 0.29) is 6.07 Å². The van der Waals surface area contributed by atoms with E-state index >= 15 is 0 Å². The number of benzene rings is 1. The lowest BCUT2D eigenvalue weighted by Crippen LogP contribution is -2.26. The Morgan fingerprint density at radius 2 is 1.67 bits per heavy atom. The predicted molar refractivity (Wildman–Crippen MR) is 65.7 cm³/mol. The third-order valence-corrected chi connectivity index (χ3v) is 2.56. The van der Waals surface area contributed by atoms with E-state index in [9.17, 15) is 27.5 Å². The first-order valence-electron chi connectivity index (χ1n) is 5.21. The fraction of sp³-hybridized carbons (Fsp3) is 0. The predicted octanol–water partition coefficient (Wildman–Crippen LogP) is 1.45. The zero-order chi connectivity index (χ0) is 16.2. The van der Waals surface area contributed by atoms with Gasteiger partial charge in [0.1, 0.15) is 0 Å². The molecule has 0 amide bonds. The van der Waals surface area contributed by atoms with Crippen LogP contribution in [0, 0.1) is 23.3 Å². The van der Waals surface area contributed by atoms with Crippen molar-refractivity contribution >= 4 is 27.7 Å². The summed E-state index contributed by atoms with van der Waals surface area (Å²) in [6.07, 6.45) is 0. The van der Waals surface area contributed by atoms with Gasteiger partial charge in [-0.15, -0.1) is 0 Å². The number of pyridine rings is 1. The van der Waals surface area contributed by atoms with Gasteiger partial charge in [0.05, 0.1) is 11.5 Å². The summed E-state index contributed by atoms with van der Waals surface area (Å²) < 4.78 is 50.5. The van der Waals surface area contributed by atoms with Crippen LogP contribution in [-0.4, -0.2) is 5.97 Å². The molecule has 0 radical (unpaired) electrons. The summed E-state index contributed by atoms with van der Waals surface area (Å²) in [6.45, 7) is 0. The van der Waals surface area contributed by atoms with Gasteiger partial charge in [0.15, 0.2) is 27.9 Å². The van der Waals surface area contributed by atoms with Gasteiger partial charge >= 0.3 is 0 Å². The second-order valence-electron chi connectivity index (χ2n) is 3.58. The monoisotopic (exact) mass is 366 g/mol. The summed E-state index contributed by atoms with van der Waals surface area (Å²) in [7, 11) is 0. The molecule has 4 nitrogen and oxygen atoms in total. The number of halogens is 5. The fourth-order valence-corrected chi connectivity index (χ4v) is 1.59. The molecule has 0 spiro atoms. The Morgan fingerprint density at radius 3 is 2.00 bits per heavy atom. The molecule has 9 heteroatoms. The maximum absolute atomic E-state index is 12.5. The Balaban J connectivity index is 0.000000235. The Labute approximate surface area is 124 Å². The van der Waals surface area contributed by atoms with Crippen LogP contribution < -0.4 is 15.8 Å². The van der Waals surface area contributed by atoms with Crippen molar-refractivity contribution < 1.29 is 32.4 Å². The molecule has 21 heavy (non-hydrogen) atoms. The first-order valence-corrected chi connectivity index (χ1v) is 6.01. The summed E-state index contributed by atoms with van der Waals surface area (Å²) in [5.74, 6) is -9.15. The minimum Gasteiger partial charge on any atom is -0.545 e. The number of carbonyl (C=O) groups excluding carboxylic acids is 1. The molecule has 0 aliphatic carbocycles. The van der Waals surface area contributed by atoms with Crippen LogP contribution in [0.2, 0.25) is 0 Å². The van der Waals surface area contributed by atoms with Gasteiger partial charge in [0, 0.05) is 12.1 Å². The molecule has 1 heterocycles. The summed E-state index contributed by atoms with van der Waals surface area (Å²) >= 11 is 3.23. The molecule has 2 aromatic rings. The van der Waals surface area contributed by atoms with Crippen molar-refractivity contribution in [3.05, 3.63) is 57.7 Å². The minimum atomic E-state index is -2.31. The molecule has 0 bridgehead atoms. The van der Waals surface area contributed by atoms with Gasteiger partial charge in [-0.1, -0.05) is 0 Å². The van der Waals surface area contributed by atoms with Gasteiger partial charge < -0.3 is 9.90 Å². The molecule has 0 atom stereocenters. The molecule has 3 N–H and O–H groups in total. The standard InChI is InChI=1S/C7H2F4O2.C5H5BrN2/c8-2-1-3(9)6(11)4(5(2)10)7(12)13;6-4-2-1-3-5(7)8-4/h1H,(H,12,13);1-3H,(H2,7,8). The number of aromatic amines is 1. The van der Waals surface area contributed by atoms with Gasteiger partial charge in [-0.3, -0.25) is 5.73 Å². The maximum Gasteiger partial charge on any atom is 0.270 e. The molecular weight excluding hydrogens is 360 g/mol. The molecule has 0 aliphatic heterocycles. The number of carboxylic acid groups (broad SMARTS) is 1. The Bertz CT molecular complexity index is 639. The average molecular weight is 367 g/mol. The van der Waals surface area contributed by atoms with Crippen molar-refractivity contribution in [1.82, 2.24) is 0 Å². The SMILES string of the molecule is Nc1cccc(Br)[nH+]1.O=C([O-])c1c(F)c(F)cc(F)c1F. The van der Waals surface area contributed by atoms with Crippen LogP contribution in [0.4, 0.5) is 23.4 Å². The van der Waals surface area contributed by atoms with Gasteiger partial charge in [0.25, 0.3) is 5.82 Å². The van der Waals surface area contributed by atoms with E-state index in [0.717, 1.165) is 4.60 Å². The number of nitrogens with two attached hydrogens (primary N) is 1. The quantitative estimate of drug-likeness (QED) is 0.471. The number of carboxylic acids is 1. The number of hydrogen-bond donors (Lipinski definition) is 1. The van der Waals surface area contributed by atoms with Gasteiger partial charge in [0.2, 0.25) is 0 Å². The fourth-order valence-electron chi connectivity index (χ4n) is 1.21. The largest absolute Gasteiger partial charge is 0.545 e. The Hall–Kier alpha value is -2.16. The second kappa shape index (κ2) is 7.02. The second-order valence-corrected chi connectivity index (χ2v) is 4.44. The molecule has 1 aromatic carbocycles. The van der Waals surface area contributed by atoms with Crippen LogP contribution in [0.5, 0.6) is 0 Å².